The summed E-state index contributed by atoms with van der Waals surface area (Å²) in [5, 5.41) is 7.57. The third-order valence-corrected chi connectivity index (χ3v) is 5.20. The molecule has 0 radical (unpaired) electrons. The Kier molecular flexibility index (Phi) is 6.54. The van der Waals surface area contributed by atoms with Crippen LogP contribution in [0.2, 0.25) is 0 Å². The van der Waals surface area contributed by atoms with Gasteiger partial charge in [-0.1, -0.05) is 44.2 Å². The summed E-state index contributed by atoms with van der Waals surface area (Å²) in [4.78, 5) is 24.4. The minimum absolute atomic E-state index is 0.0622. The standard InChI is InChI=1S/C27H24FN3O3/c1-17(2)25-24(27(34-18(3)32)31(30-25)23-7-5-4-6-8-23)19-11-15-22(16-12-19)29-26(33)20-9-13-21(28)14-10-20/h4-17H,1-3H3,(H,29,33). The quantitative estimate of drug-likeness (QED) is 0.362. The van der Waals surface area contributed by atoms with Gasteiger partial charge in [-0.3, -0.25) is 9.59 Å². The maximum Gasteiger partial charge on any atom is 0.309 e. The van der Waals surface area contributed by atoms with Crippen molar-refractivity contribution < 1.29 is 18.7 Å². The number of rotatable bonds is 6. The van der Waals surface area contributed by atoms with E-state index in [0.717, 1.165) is 16.9 Å². The van der Waals surface area contributed by atoms with Gasteiger partial charge in [-0.15, -0.1) is 0 Å². The number of carbonyl (C=O) groups excluding carboxylic acids is 2. The highest BCUT2D eigenvalue weighted by atomic mass is 19.1. The molecule has 4 rings (SSSR count). The van der Waals surface area contributed by atoms with Crippen molar-refractivity contribution in [3.8, 4) is 22.7 Å². The average molecular weight is 458 g/mol. The van der Waals surface area contributed by atoms with Gasteiger partial charge >= 0.3 is 5.97 Å². The van der Waals surface area contributed by atoms with Crippen molar-refractivity contribution in [3.05, 3.63) is 95.9 Å². The molecule has 6 nitrogen and oxygen atoms in total. The van der Waals surface area contributed by atoms with Crippen LogP contribution < -0.4 is 10.1 Å². The number of hydrogen-bond acceptors (Lipinski definition) is 4. The minimum Gasteiger partial charge on any atom is -0.407 e. The van der Waals surface area contributed by atoms with Crippen molar-refractivity contribution in [2.24, 2.45) is 0 Å². The van der Waals surface area contributed by atoms with Crippen LogP contribution >= 0.6 is 0 Å². The first-order valence-electron chi connectivity index (χ1n) is 10.9. The second-order valence-corrected chi connectivity index (χ2v) is 8.10. The zero-order chi connectivity index (χ0) is 24.2. The van der Waals surface area contributed by atoms with Gasteiger partial charge in [0.25, 0.3) is 5.91 Å². The molecule has 0 spiro atoms. The molecule has 0 aliphatic heterocycles. The Balaban J connectivity index is 1.71. The third-order valence-electron chi connectivity index (χ3n) is 5.20. The number of hydrogen-bond donors (Lipinski definition) is 1. The predicted octanol–water partition coefficient (Wildman–Crippen LogP) is 5.98. The normalized spacial score (nSPS) is 10.9. The van der Waals surface area contributed by atoms with Gasteiger partial charge in [0.1, 0.15) is 5.82 Å². The highest BCUT2D eigenvalue weighted by molar-refractivity contribution is 6.04. The Labute approximate surface area is 197 Å². The molecule has 1 N–H and O–H groups in total. The van der Waals surface area contributed by atoms with Crippen molar-refractivity contribution in [2.45, 2.75) is 26.7 Å². The van der Waals surface area contributed by atoms with E-state index in [1.165, 1.54) is 31.2 Å². The van der Waals surface area contributed by atoms with Crippen LogP contribution in [0.25, 0.3) is 16.8 Å². The van der Waals surface area contributed by atoms with E-state index in [0.29, 0.717) is 22.7 Å². The fourth-order valence-electron chi connectivity index (χ4n) is 3.59. The summed E-state index contributed by atoms with van der Waals surface area (Å²) >= 11 is 0. The number of aromatic nitrogens is 2. The lowest BCUT2D eigenvalue weighted by molar-refractivity contribution is -0.132. The summed E-state index contributed by atoms with van der Waals surface area (Å²) in [6.45, 7) is 5.40. The first-order valence-corrected chi connectivity index (χ1v) is 10.9. The first-order chi connectivity index (χ1) is 16.3. The number of carbonyl (C=O) groups is 2. The number of halogens is 1. The number of benzene rings is 3. The number of amides is 1. The number of esters is 1. The molecule has 7 heteroatoms. The fraction of sp³-hybridized carbons (Fsp3) is 0.148. The third kappa shape index (κ3) is 4.88. The Bertz CT molecular complexity index is 1310. The van der Waals surface area contributed by atoms with E-state index in [-0.39, 0.29) is 11.8 Å². The molecule has 0 saturated heterocycles. The van der Waals surface area contributed by atoms with Crippen molar-refractivity contribution >= 4 is 17.6 Å². The van der Waals surface area contributed by atoms with Crippen LogP contribution in [-0.4, -0.2) is 21.7 Å². The van der Waals surface area contributed by atoms with Gasteiger partial charge in [0, 0.05) is 18.2 Å². The Morgan fingerprint density at radius 2 is 1.59 bits per heavy atom. The second kappa shape index (κ2) is 9.70. The lowest BCUT2D eigenvalue weighted by atomic mass is 9.99. The van der Waals surface area contributed by atoms with Crippen LogP contribution in [-0.2, 0) is 4.79 Å². The Hall–Kier alpha value is -4.26. The van der Waals surface area contributed by atoms with E-state index in [9.17, 15) is 14.0 Å². The molecule has 172 valence electrons. The molecule has 4 aromatic rings. The molecule has 3 aromatic carbocycles. The van der Waals surface area contributed by atoms with E-state index in [1.807, 2.05) is 56.3 Å². The van der Waals surface area contributed by atoms with E-state index in [2.05, 4.69) is 5.32 Å². The molecule has 1 aromatic heterocycles. The monoisotopic (exact) mass is 457 g/mol. The second-order valence-electron chi connectivity index (χ2n) is 8.10. The van der Waals surface area contributed by atoms with Gasteiger partial charge in [-0.25, -0.2) is 4.39 Å². The van der Waals surface area contributed by atoms with Gasteiger partial charge in [0.05, 0.1) is 16.9 Å². The summed E-state index contributed by atoms with van der Waals surface area (Å²) < 4.78 is 20.4. The summed E-state index contributed by atoms with van der Waals surface area (Å²) in [7, 11) is 0. The number of para-hydroxylation sites is 1. The average Bonchev–Trinajstić information content (AvgIpc) is 3.19. The molecule has 0 aliphatic carbocycles. The van der Waals surface area contributed by atoms with Crippen LogP contribution in [0.4, 0.5) is 10.1 Å². The first kappa shape index (κ1) is 22.9. The zero-order valence-electron chi connectivity index (χ0n) is 19.1. The number of anilines is 1. The van der Waals surface area contributed by atoms with Crippen LogP contribution in [0.3, 0.4) is 0 Å². The molecule has 0 atom stereocenters. The van der Waals surface area contributed by atoms with Crippen LogP contribution in [0, 0.1) is 5.82 Å². The number of nitrogens with one attached hydrogen (secondary N) is 1. The highest BCUT2D eigenvalue weighted by Gasteiger charge is 2.25. The fourth-order valence-corrected chi connectivity index (χ4v) is 3.59. The minimum atomic E-state index is -0.447. The highest BCUT2D eigenvalue weighted by Crippen LogP contribution is 2.39. The van der Waals surface area contributed by atoms with Crippen molar-refractivity contribution in [1.82, 2.24) is 9.78 Å². The van der Waals surface area contributed by atoms with E-state index in [1.54, 1.807) is 16.8 Å². The Morgan fingerprint density at radius 3 is 2.18 bits per heavy atom. The maximum absolute atomic E-state index is 13.1. The number of nitrogens with zero attached hydrogens (tertiary/aromatic N) is 2. The lowest BCUT2D eigenvalue weighted by Gasteiger charge is -2.11. The molecule has 0 saturated carbocycles. The van der Waals surface area contributed by atoms with Crippen LogP contribution in [0.15, 0.2) is 78.9 Å². The van der Waals surface area contributed by atoms with Crippen molar-refractivity contribution in [2.75, 3.05) is 5.32 Å². The van der Waals surface area contributed by atoms with E-state index in [4.69, 9.17) is 9.84 Å². The van der Waals surface area contributed by atoms with Gasteiger partial charge in [0.15, 0.2) is 0 Å². The lowest BCUT2D eigenvalue weighted by Crippen LogP contribution is -2.11. The van der Waals surface area contributed by atoms with E-state index >= 15 is 0 Å². The maximum atomic E-state index is 13.1. The van der Waals surface area contributed by atoms with Gasteiger partial charge in [-0.2, -0.15) is 9.78 Å². The summed E-state index contributed by atoms with van der Waals surface area (Å²) in [5.74, 6) is -0.788. The van der Waals surface area contributed by atoms with Gasteiger partial charge in [-0.05, 0) is 60.0 Å². The van der Waals surface area contributed by atoms with Gasteiger partial charge < -0.3 is 10.1 Å². The van der Waals surface area contributed by atoms with Crippen molar-refractivity contribution in [3.63, 3.8) is 0 Å². The molecule has 0 aliphatic rings. The topological polar surface area (TPSA) is 73.2 Å². The van der Waals surface area contributed by atoms with Crippen molar-refractivity contribution in [1.29, 1.82) is 0 Å². The predicted molar refractivity (Wildman–Crippen MR) is 129 cm³/mol. The molecule has 34 heavy (non-hydrogen) atoms. The summed E-state index contributed by atoms with van der Waals surface area (Å²) in [6, 6.07) is 22.0. The Morgan fingerprint density at radius 1 is 0.941 bits per heavy atom. The SMILES string of the molecule is CC(=O)Oc1c(-c2ccc(NC(=O)c3ccc(F)cc3)cc2)c(C(C)C)nn1-c1ccccc1. The smallest absolute Gasteiger partial charge is 0.309 e. The molecular weight excluding hydrogens is 433 g/mol. The summed E-state index contributed by atoms with van der Waals surface area (Å²) in [5.41, 5.74) is 3.99. The number of ether oxygens (including phenoxy) is 1. The molecular formula is C27H24FN3O3. The zero-order valence-corrected chi connectivity index (χ0v) is 19.1. The molecule has 0 unspecified atom stereocenters. The van der Waals surface area contributed by atoms with Crippen LogP contribution in [0.5, 0.6) is 5.88 Å². The molecule has 1 heterocycles. The van der Waals surface area contributed by atoms with E-state index < -0.39 is 11.8 Å². The molecule has 0 fully saturated rings. The van der Waals surface area contributed by atoms with Gasteiger partial charge in [0.2, 0.25) is 5.88 Å². The van der Waals surface area contributed by atoms with Crippen LogP contribution in [0.1, 0.15) is 42.7 Å². The summed E-state index contributed by atoms with van der Waals surface area (Å²) in [6.07, 6.45) is 0. The largest absolute Gasteiger partial charge is 0.407 e. The molecule has 1 amide bonds. The molecule has 0 bridgehead atoms.